The van der Waals surface area contributed by atoms with Crippen molar-refractivity contribution in [2.45, 2.75) is 25.7 Å². The van der Waals surface area contributed by atoms with E-state index in [0.717, 1.165) is 5.88 Å². The molecule has 0 saturated heterocycles. The molecule has 0 nitrogen and oxygen atoms in total. The lowest BCUT2D eigenvalue weighted by Gasteiger charge is -2.12. The van der Waals surface area contributed by atoms with Gasteiger partial charge >= 0.3 is 0 Å². The molecule has 0 amide bonds. The van der Waals surface area contributed by atoms with Crippen LogP contribution >= 0.6 is 11.6 Å². The highest BCUT2D eigenvalue weighted by molar-refractivity contribution is 6.18. The Morgan fingerprint density at radius 2 is 1.92 bits per heavy atom. The van der Waals surface area contributed by atoms with Crippen molar-refractivity contribution in [2.75, 3.05) is 5.88 Å². The van der Waals surface area contributed by atoms with Crippen LogP contribution in [0.15, 0.2) is 30.3 Å². The van der Waals surface area contributed by atoms with Crippen molar-refractivity contribution in [1.29, 1.82) is 0 Å². The van der Waals surface area contributed by atoms with Gasteiger partial charge in [-0.3, -0.25) is 0 Å². The molecule has 1 rings (SSSR count). The van der Waals surface area contributed by atoms with Crippen LogP contribution in [0.2, 0.25) is 0 Å². The Labute approximate surface area is 79.6 Å². The van der Waals surface area contributed by atoms with Gasteiger partial charge in [0.2, 0.25) is 0 Å². The molecule has 1 aromatic rings. The SMILES string of the molecule is CCCC(CCl)c1ccccc1. The maximum Gasteiger partial charge on any atom is 0.0292 e. The number of benzene rings is 1. The standard InChI is InChI=1S/C11H15Cl/c1-2-6-11(9-12)10-7-4-3-5-8-10/h3-5,7-8,11H,2,6,9H2,1H3. The van der Waals surface area contributed by atoms with Crippen LogP contribution in [0.4, 0.5) is 0 Å². The van der Waals surface area contributed by atoms with Gasteiger partial charge in [0.1, 0.15) is 0 Å². The van der Waals surface area contributed by atoms with E-state index in [0.29, 0.717) is 5.92 Å². The third kappa shape index (κ3) is 2.53. The Bertz CT molecular complexity index is 206. The summed E-state index contributed by atoms with van der Waals surface area (Å²) in [5, 5.41) is 0. The average molecular weight is 183 g/mol. The lowest BCUT2D eigenvalue weighted by molar-refractivity contribution is 0.670. The van der Waals surface area contributed by atoms with Crippen LogP contribution < -0.4 is 0 Å². The Balaban J connectivity index is 2.66. The fourth-order valence-electron chi connectivity index (χ4n) is 1.41. The van der Waals surface area contributed by atoms with E-state index >= 15 is 0 Å². The van der Waals surface area contributed by atoms with Gasteiger partial charge in [-0.1, -0.05) is 43.7 Å². The molecule has 0 N–H and O–H groups in total. The third-order valence-electron chi connectivity index (χ3n) is 2.09. The Kier molecular flexibility index (Phi) is 4.16. The Hall–Kier alpha value is -0.490. The van der Waals surface area contributed by atoms with Crippen molar-refractivity contribution in [3.63, 3.8) is 0 Å². The van der Waals surface area contributed by atoms with Crippen LogP contribution in [-0.4, -0.2) is 5.88 Å². The molecule has 0 saturated carbocycles. The largest absolute Gasteiger partial charge is 0.126 e. The van der Waals surface area contributed by atoms with Gasteiger partial charge in [-0.05, 0) is 17.9 Å². The van der Waals surface area contributed by atoms with E-state index in [2.05, 4.69) is 31.2 Å². The van der Waals surface area contributed by atoms with Crippen LogP contribution in [0.3, 0.4) is 0 Å². The minimum Gasteiger partial charge on any atom is -0.126 e. The highest BCUT2D eigenvalue weighted by atomic mass is 35.5. The second-order valence-electron chi connectivity index (χ2n) is 3.05. The number of halogens is 1. The van der Waals surface area contributed by atoms with Gasteiger partial charge in [-0.15, -0.1) is 11.6 Å². The molecule has 1 heteroatoms. The molecule has 0 heterocycles. The van der Waals surface area contributed by atoms with E-state index < -0.39 is 0 Å². The van der Waals surface area contributed by atoms with Gasteiger partial charge in [0, 0.05) is 5.88 Å². The van der Waals surface area contributed by atoms with E-state index in [1.807, 2.05) is 6.07 Å². The van der Waals surface area contributed by atoms with Crippen molar-refractivity contribution in [3.8, 4) is 0 Å². The summed E-state index contributed by atoms with van der Waals surface area (Å²) in [7, 11) is 0. The van der Waals surface area contributed by atoms with Crippen molar-refractivity contribution < 1.29 is 0 Å². The molecule has 0 spiro atoms. The zero-order chi connectivity index (χ0) is 8.81. The average Bonchev–Trinajstić information content (AvgIpc) is 2.15. The number of rotatable bonds is 4. The molecule has 0 bridgehead atoms. The topological polar surface area (TPSA) is 0 Å². The van der Waals surface area contributed by atoms with Gasteiger partial charge in [-0.25, -0.2) is 0 Å². The summed E-state index contributed by atoms with van der Waals surface area (Å²) in [6.45, 7) is 2.20. The fraction of sp³-hybridized carbons (Fsp3) is 0.455. The lowest BCUT2D eigenvalue weighted by atomic mass is 9.97. The monoisotopic (exact) mass is 182 g/mol. The lowest BCUT2D eigenvalue weighted by Crippen LogP contribution is -1.99. The Morgan fingerprint density at radius 3 is 2.42 bits per heavy atom. The molecule has 0 aromatic heterocycles. The molecule has 0 aliphatic rings. The van der Waals surface area contributed by atoms with E-state index in [9.17, 15) is 0 Å². The van der Waals surface area contributed by atoms with Gasteiger partial charge in [-0.2, -0.15) is 0 Å². The first-order chi connectivity index (χ1) is 5.88. The highest BCUT2D eigenvalue weighted by Gasteiger charge is 2.07. The van der Waals surface area contributed by atoms with Gasteiger partial charge in [0.25, 0.3) is 0 Å². The molecule has 66 valence electrons. The minimum absolute atomic E-state index is 0.540. The second-order valence-corrected chi connectivity index (χ2v) is 3.36. The summed E-state index contributed by atoms with van der Waals surface area (Å²) in [5.41, 5.74) is 1.37. The van der Waals surface area contributed by atoms with Crippen LogP contribution in [0.1, 0.15) is 31.2 Å². The smallest absolute Gasteiger partial charge is 0.0292 e. The third-order valence-corrected chi connectivity index (χ3v) is 2.47. The maximum absolute atomic E-state index is 5.88. The number of hydrogen-bond acceptors (Lipinski definition) is 0. The minimum atomic E-state index is 0.540. The first kappa shape index (κ1) is 9.60. The van der Waals surface area contributed by atoms with Crippen molar-refractivity contribution in [3.05, 3.63) is 35.9 Å². The number of hydrogen-bond donors (Lipinski definition) is 0. The molecule has 1 unspecified atom stereocenters. The van der Waals surface area contributed by atoms with E-state index in [1.54, 1.807) is 0 Å². The molecular weight excluding hydrogens is 168 g/mol. The summed E-state index contributed by atoms with van der Waals surface area (Å²) >= 11 is 5.88. The van der Waals surface area contributed by atoms with Gasteiger partial charge in [0.05, 0.1) is 0 Å². The molecule has 0 fully saturated rings. The first-order valence-electron chi connectivity index (χ1n) is 4.49. The molecule has 1 atom stereocenters. The Morgan fingerprint density at radius 1 is 1.25 bits per heavy atom. The molecule has 12 heavy (non-hydrogen) atoms. The van der Waals surface area contributed by atoms with Crippen LogP contribution in [0.5, 0.6) is 0 Å². The molecule has 1 aromatic carbocycles. The van der Waals surface area contributed by atoms with Crippen molar-refractivity contribution in [2.24, 2.45) is 0 Å². The van der Waals surface area contributed by atoms with Gasteiger partial charge in [0.15, 0.2) is 0 Å². The second kappa shape index (κ2) is 5.21. The molecule has 0 radical (unpaired) electrons. The maximum atomic E-state index is 5.88. The molecular formula is C11H15Cl. The van der Waals surface area contributed by atoms with Crippen molar-refractivity contribution >= 4 is 11.6 Å². The highest BCUT2D eigenvalue weighted by Crippen LogP contribution is 2.21. The summed E-state index contributed by atoms with van der Waals surface area (Å²) in [6, 6.07) is 10.5. The number of alkyl halides is 1. The summed E-state index contributed by atoms with van der Waals surface area (Å²) in [4.78, 5) is 0. The van der Waals surface area contributed by atoms with E-state index in [4.69, 9.17) is 11.6 Å². The van der Waals surface area contributed by atoms with Crippen LogP contribution in [-0.2, 0) is 0 Å². The predicted octanol–water partition coefficient (Wildman–Crippen LogP) is 3.81. The zero-order valence-electron chi connectivity index (χ0n) is 7.46. The summed E-state index contributed by atoms with van der Waals surface area (Å²) in [5.74, 6) is 1.27. The quantitative estimate of drug-likeness (QED) is 0.622. The van der Waals surface area contributed by atoms with Gasteiger partial charge < -0.3 is 0 Å². The summed E-state index contributed by atoms with van der Waals surface area (Å²) < 4.78 is 0. The molecule has 0 aliphatic carbocycles. The molecule has 0 aliphatic heterocycles. The summed E-state index contributed by atoms with van der Waals surface area (Å²) in [6.07, 6.45) is 2.39. The van der Waals surface area contributed by atoms with Crippen LogP contribution in [0.25, 0.3) is 0 Å². The predicted molar refractivity (Wildman–Crippen MR) is 54.8 cm³/mol. The normalized spacial score (nSPS) is 12.8. The zero-order valence-corrected chi connectivity index (χ0v) is 8.22. The van der Waals surface area contributed by atoms with E-state index in [-0.39, 0.29) is 0 Å². The van der Waals surface area contributed by atoms with Crippen molar-refractivity contribution in [1.82, 2.24) is 0 Å². The first-order valence-corrected chi connectivity index (χ1v) is 5.02. The van der Waals surface area contributed by atoms with Crippen LogP contribution in [0, 0.1) is 0 Å². The van der Waals surface area contributed by atoms with E-state index in [1.165, 1.54) is 18.4 Å². The fourth-order valence-corrected chi connectivity index (χ4v) is 1.74.